The fourth-order valence-corrected chi connectivity index (χ4v) is 5.37. The molecule has 8 heteroatoms. The maximum absolute atomic E-state index is 13.0. The monoisotopic (exact) mass is 432 g/mol. The maximum Gasteiger partial charge on any atom is 0.225 e. The van der Waals surface area contributed by atoms with Gasteiger partial charge in [0.15, 0.2) is 9.84 Å². The van der Waals surface area contributed by atoms with Crippen molar-refractivity contribution in [2.24, 2.45) is 0 Å². The van der Waals surface area contributed by atoms with E-state index in [4.69, 9.17) is 0 Å². The van der Waals surface area contributed by atoms with Crippen molar-refractivity contribution >= 4 is 39.1 Å². The van der Waals surface area contributed by atoms with Crippen molar-refractivity contribution in [3.63, 3.8) is 0 Å². The summed E-state index contributed by atoms with van der Waals surface area (Å²) in [7, 11) is -2.04. The van der Waals surface area contributed by atoms with E-state index in [9.17, 15) is 18.0 Å². The van der Waals surface area contributed by atoms with Crippen LogP contribution in [0.1, 0.15) is 25.3 Å². The number of hydrogen-bond donors (Lipinski definition) is 1. The second kappa shape index (κ2) is 9.00. The van der Waals surface area contributed by atoms with Crippen LogP contribution >= 0.6 is 11.8 Å². The molecule has 0 radical (unpaired) electrons. The molecule has 2 aromatic carbocycles. The number of thioether (sulfide) groups is 1. The molecule has 6 nitrogen and oxygen atoms in total. The van der Waals surface area contributed by atoms with Crippen molar-refractivity contribution in [2.45, 2.75) is 41.4 Å². The third-order valence-corrected chi connectivity index (χ3v) is 8.03. The van der Waals surface area contributed by atoms with Crippen LogP contribution < -0.4 is 5.32 Å². The van der Waals surface area contributed by atoms with Crippen LogP contribution in [0.4, 0.5) is 5.69 Å². The van der Waals surface area contributed by atoms with Gasteiger partial charge in [0.05, 0.1) is 15.8 Å². The minimum atomic E-state index is -3.71. The zero-order chi connectivity index (χ0) is 21.0. The lowest BCUT2D eigenvalue weighted by Crippen LogP contribution is -2.31. The van der Waals surface area contributed by atoms with Crippen molar-refractivity contribution in [1.29, 1.82) is 0 Å². The maximum atomic E-state index is 13.0. The van der Waals surface area contributed by atoms with Crippen molar-refractivity contribution in [1.82, 2.24) is 4.90 Å². The first kappa shape index (κ1) is 21.4. The number of fused-ring (bicyclic) bond motifs is 1. The van der Waals surface area contributed by atoms with Crippen molar-refractivity contribution in [2.75, 3.05) is 18.1 Å². The quantitative estimate of drug-likeness (QED) is 0.757. The van der Waals surface area contributed by atoms with E-state index < -0.39 is 15.1 Å². The predicted molar refractivity (Wildman–Crippen MR) is 115 cm³/mol. The van der Waals surface area contributed by atoms with Crippen LogP contribution in [0, 0.1) is 0 Å². The summed E-state index contributed by atoms with van der Waals surface area (Å²) in [6.07, 6.45) is 0.282. The molecule has 0 saturated carbocycles. The average Bonchev–Trinajstić information content (AvgIpc) is 2.88. The number of carbonyl (C=O) groups is 2. The number of benzene rings is 2. The number of carbonyl (C=O) groups excluding carboxylic acids is 2. The number of nitrogens with zero attached hydrogens (tertiary/aromatic N) is 1. The summed E-state index contributed by atoms with van der Waals surface area (Å²) in [5.41, 5.74) is 1.50. The fourth-order valence-electron chi connectivity index (χ4n) is 3.07. The highest BCUT2D eigenvalue weighted by molar-refractivity contribution is 7.99. The van der Waals surface area contributed by atoms with E-state index in [-0.39, 0.29) is 23.1 Å². The summed E-state index contributed by atoms with van der Waals surface area (Å²) < 4.78 is 26.0. The van der Waals surface area contributed by atoms with Gasteiger partial charge in [-0.15, -0.1) is 11.8 Å². The lowest BCUT2D eigenvalue weighted by molar-refractivity contribution is -0.130. The Morgan fingerprint density at radius 1 is 1.21 bits per heavy atom. The van der Waals surface area contributed by atoms with E-state index in [0.717, 1.165) is 10.5 Å². The highest BCUT2D eigenvalue weighted by atomic mass is 32.2. The summed E-state index contributed by atoms with van der Waals surface area (Å²) in [6.45, 7) is 1.97. The molecule has 2 aromatic rings. The predicted octanol–water partition coefficient (Wildman–Crippen LogP) is 3.33. The molecule has 29 heavy (non-hydrogen) atoms. The Balaban J connectivity index is 1.72. The number of rotatable bonds is 6. The number of sulfone groups is 1. The lowest BCUT2D eigenvalue weighted by atomic mass is 10.2. The van der Waals surface area contributed by atoms with Gasteiger partial charge >= 0.3 is 0 Å². The number of amides is 2. The Morgan fingerprint density at radius 3 is 2.66 bits per heavy atom. The van der Waals surface area contributed by atoms with Gasteiger partial charge in [-0.05, 0) is 30.7 Å². The first-order valence-corrected chi connectivity index (χ1v) is 11.9. The molecule has 0 saturated heterocycles. The van der Waals surface area contributed by atoms with Gasteiger partial charge in [0, 0.05) is 37.1 Å². The van der Waals surface area contributed by atoms with Gasteiger partial charge in [0.2, 0.25) is 11.8 Å². The Kier molecular flexibility index (Phi) is 6.64. The zero-order valence-corrected chi connectivity index (χ0v) is 18.1. The second-order valence-electron chi connectivity index (χ2n) is 7.10. The lowest BCUT2D eigenvalue weighted by Gasteiger charge is -2.20. The molecule has 0 bridgehead atoms. The van der Waals surface area contributed by atoms with Crippen LogP contribution in [-0.2, 0) is 26.0 Å². The first-order chi connectivity index (χ1) is 13.8. The van der Waals surface area contributed by atoms with Gasteiger partial charge in [0.1, 0.15) is 0 Å². The summed E-state index contributed by atoms with van der Waals surface area (Å²) in [5.74, 6) is 0.295. The molecule has 1 atom stereocenters. The van der Waals surface area contributed by atoms with Gasteiger partial charge < -0.3 is 10.2 Å². The Labute approximate surface area is 175 Å². The van der Waals surface area contributed by atoms with Crippen LogP contribution in [0.25, 0.3) is 0 Å². The van der Waals surface area contributed by atoms with Gasteiger partial charge in [-0.2, -0.15) is 0 Å². The number of hydrogen-bond acceptors (Lipinski definition) is 5. The third-order valence-electron chi connectivity index (χ3n) is 4.82. The third kappa shape index (κ3) is 5.19. The SMILES string of the molecule is C[C@@H](CC(=O)N(C)Cc1ccccc1)S(=O)(=O)c1ccc2c(c1)NC(=O)CCS2. The van der Waals surface area contributed by atoms with Crippen molar-refractivity contribution in [3.05, 3.63) is 54.1 Å². The van der Waals surface area contributed by atoms with Crippen molar-refractivity contribution in [3.8, 4) is 0 Å². The molecule has 1 N–H and O–H groups in total. The van der Waals surface area contributed by atoms with E-state index in [1.165, 1.54) is 22.7 Å². The van der Waals surface area contributed by atoms with Gasteiger partial charge in [-0.1, -0.05) is 30.3 Å². The second-order valence-corrected chi connectivity index (χ2v) is 10.6. The smallest absolute Gasteiger partial charge is 0.225 e. The minimum absolute atomic E-state index is 0.107. The van der Waals surface area contributed by atoms with Gasteiger partial charge in [0.25, 0.3) is 0 Å². The average molecular weight is 433 g/mol. The minimum Gasteiger partial charge on any atom is -0.341 e. The Bertz CT molecular complexity index is 1010. The van der Waals surface area contributed by atoms with Crippen LogP contribution in [-0.4, -0.2) is 43.2 Å². The number of nitrogens with one attached hydrogen (secondary N) is 1. The molecule has 0 spiro atoms. The Hall–Kier alpha value is -2.32. The Morgan fingerprint density at radius 2 is 1.93 bits per heavy atom. The van der Waals surface area contributed by atoms with Crippen LogP contribution in [0.15, 0.2) is 58.3 Å². The van der Waals surface area contributed by atoms with E-state index in [2.05, 4.69) is 5.32 Å². The van der Waals surface area contributed by atoms with Gasteiger partial charge in [-0.25, -0.2) is 8.42 Å². The number of anilines is 1. The zero-order valence-electron chi connectivity index (χ0n) is 16.4. The van der Waals surface area contributed by atoms with Gasteiger partial charge in [-0.3, -0.25) is 9.59 Å². The summed E-state index contributed by atoms with van der Waals surface area (Å²) in [4.78, 5) is 26.8. The molecule has 1 aliphatic heterocycles. The molecule has 0 aromatic heterocycles. The standard InChI is InChI=1S/C21H24N2O4S2/c1-15(12-21(25)23(2)14-16-6-4-3-5-7-16)29(26,27)17-8-9-19-18(13-17)22-20(24)10-11-28-19/h3-9,13,15H,10-12,14H2,1-2H3,(H,22,24)/t15-/m0/s1. The molecule has 2 amide bonds. The molecule has 1 aliphatic rings. The topological polar surface area (TPSA) is 83.6 Å². The van der Waals surface area contributed by atoms with E-state index >= 15 is 0 Å². The molecule has 1 heterocycles. The normalized spacial score (nSPS) is 15.0. The first-order valence-electron chi connectivity index (χ1n) is 9.36. The van der Waals surface area contributed by atoms with Crippen LogP contribution in [0.2, 0.25) is 0 Å². The highest BCUT2D eigenvalue weighted by Gasteiger charge is 2.28. The summed E-state index contributed by atoms with van der Waals surface area (Å²) >= 11 is 1.52. The summed E-state index contributed by atoms with van der Waals surface area (Å²) in [6, 6.07) is 14.3. The van der Waals surface area contributed by atoms with E-state index in [0.29, 0.717) is 24.4 Å². The van der Waals surface area contributed by atoms with E-state index in [1.807, 2.05) is 30.3 Å². The fraction of sp³-hybridized carbons (Fsp3) is 0.333. The van der Waals surface area contributed by atoms with Crippen LogP contribution in [0.5, 0.6) is 0 Å². The molecule has 154 valence electrons. The van der Waals surface area contributed by atoms with Crippen LogP contribution in [0.3, 0.4) is 0 Å². The molecule has 3 rings (SSSR count). The molecule has 0 fully saturated rings. The largest absolute Gasteiger partial charge is 0.341 e. The highest BCUT2D eigenvalue weighted by Crippen LogP contribution is 2.33. The molecule has 0 aliphatic carbocycles. The molecule has 0 unspecified atom stereocenters. The van der Waals surface area contributed by atoms with Crippen molar-refractivity contribution < 1.29 is 18.0 Å². The van der Waals surface area contributed by atoms with E-state index in [1.54, 1.807) is 26.1 Å². The molecular weight excluding hydrogens is 408 g/mol. The summed E-state index contributed by atoms with van der Waals surface area (Å²) in [5, 5.41) is 1.89. The molecular formula is C21H24N2O4S2.